The van der Waals surface area contributed by atoms with Crippen LogP contribution in [0.3, 0.4) is 0 Å². The first kappa shape index (κ1) is 12.4. The Kier molecular flexibility index (Phi) is 3.38. The molecule has 0 atom stereocenters. The number of halogens is 1. The molecule has 0 bridgehead atoms. The van der Waals surface area contributed by atoms with E-state index in [1.54, 1.807) is 6.07 Å². The number of nitrogen functional groups attached to an aromatic ring is 1. The molecule has 1 heterocycles. The van der Waals surface area contributed by atoms with Crippen molar-refractivity contribution in [1.29, 1.82) is 0 Å². The number of carbonyl (C=O) groups excluding carboxylic acids is 1. The van der Waals surface area contributed by atoms with E-state index in [-0.39, 0.29) is 11.3 Å². The molecule has 0 aromatic carbocycles. The van der Waals surface area contributed by atoms with E-state index >= 15 is 0 Å². The van der Waals surface area contributed by atoms with Crippen molar-refractivity contribution in [2.45, 2.75) is 32.6 Å². The summed E-state index contributed by atoms with van der Waals surface area (Å²) in [5.41, 5.74) is 5.92. The van der Waals surface area contributed by atoms with Crippen molar-refractivity contribution in [1.82, 2.24) is 4.98 Å². The molecule has 1 aliphatic carbocycles. The molecule has 2 rings (SSSR count). The second kappa shape index (κ2) is 4.64. The molecule has 4 nitrogen and oxygen atoms in total. The van der Waals surface area contributed by atoms with Gasteiger partial charge in [-0.25, -0.2) is 4.98 Å². The molecule has 5 heteroatoms. The molecule has 1 fully saturated rings. The molecule has 1 aromatic heterocycles. The summed E-state index contributed by atoms with van der Waals surface area (Å²) < 4.78 is 0.715. The molecular weight excluding hydrogens is 282 g/mol. The van der Waals surface area contributed by atoms with E-state index in [0.717, 1.165) is 25.7 Å². The van der Waals surface area contributed by atoms with Crippen LogP contribution in [-0.4, -0.2) is 10.9 Å². The molecule has 0 saturated heterocycles. The summed E-state index contributed by atoms with van der Waals surface area (Å²) in [7, 11) is 0. The monoisotopic (exact) mass is 297 g/mol. The van der Waals surface area contributed by atoms with Gasteiger partial charge in [0.1, 0.15) is 5.82 Å². The third-order valence-corrected chi connectivity index (χ3v) is 3.95. The minimum absolute atomic E-state index is 0.0490. The lowest BCUT2D eigenvalue weighted by Crippen LogP contribution is -2.31. The fourth-order valence-corrected chi connectivity index (χ4v) is 2.65. The van der Waals surface area contributed by atoms with Crippen molar-refractivity contribution in [3.05, 3.63) is 16.7 Å². The number of amides is 1. The van der Waals surface area contributed by atoms with Gasteiger partial charge in [0.25, 0.3) is 0 Å². The average Bonchev–Trinajstić information content (AvgIpc) is 2.71. The molecule has 0 aliphatic heterocycles. The summed E-state index contributed by atoms with van der Waals surface area (Å²) in [5.74, 6) is 0.588. The Labute approximate surface area is 109 Å². The number of nitrogens with zero attached hydrogens (tertiary/aromatic N) is 1. The number of nitrogens with two attached hydrogens (primary N) is 1. The Morgan fingerprint density at radius 2 is 2.18 bits per heavy atom. The van der Waals surface area contributed by atoms with Crippen LogP contribution in [0.25, 0.3) is 0 Å². The van der Waals surface area contributed by atoms with Crippen molar-refractivity contribution in [2.24, 2.45) is 5.41 Å². The third-order valence-electron chi connectivity index (χ3n) is 3.35. The van der Waals surface area contributed by atoms with Gasteiger partial charge in [-0.2, -0.15) is 0 Å². The fourth-order valence-electron chi connectivity index (χ4n) is 2.19. The topological polar surface area (TPSA) is 68.0 Å². The minimum Gasteiger partial charge on any atom is -0.397 e. The van der Waals surface area contributed by atoms with Crippen molar-refractivity contribution in [3.63, 3.8) is 0 Å². The van der Waals surface area contributed by atoms with Gasteiger partial charge in [0.15, 0.2) is 0 Å². The van der Waals surface area contributed by atoms with Gasteiger partial charge in [0, 0.05) is 5.41 Å². The van der Waals surface area contributed by atoms with Crippen LogP contribution in [0.2, 0.25) is 0 Å². The van der Waals surface area contributed by atoms with E-state index in [1.165, 1.54) is 6.20 Å². The van der Waals surface area contributed by atoms with Crippen LogP contribution in [-0.2, 0) is 4.79 Å². The standard InChI is InChI=1S/C12H16BrN3O/c1-12(4-2-3-5-12)11(17)16-10-9(13)6-8(14)7-15-10/h6-7H,2-5,14H2,1H3,(H,15,16,17). The van der Waals surface area contributed by atoms with Gasteiger partial charge in [-0.05, 0) is 34.8 Å². The lowest BCUT2D eigenvalue weighted by molar-refractivity contribution is -0.124. The highest BCUT2D eigenvalue weighted by molar-refractivity contribution is 9.10. The van der Waals surface area contributed by atoms with Gasteiger partial charge in [-0.3, -0.25) is 4.79 Å². The largest absolute Gasteiger partial charge is 0.397 e. The summed E-state index contributed by atoms with van der Waals surface area (Å²) in [6, 6.07) is 1.74. The molecule has 17 heavy (non-hydrogen) atoms. The van der Waals surface area contributed by atoms with E-state index in [1.807, 2.05) is 6.92 Å². The van der Waals surface area contributed by atoms with Crippen molar-refractivity contribution in [2.75, 3.05) is 11.1 Å². The molecule has 0 unspecified atom stereocenters. The number of aromatic nitrogens is 1. The van der Waals surface area contributed by atoms with Gasteiger partial charge < -0.3 is 11.1 Å². The van der Waals surface area contributed by atoms with E-state index in [4.69, 9.17) is 5.73 Å². The van der Waals surface area contributed by atoms with Crippen LogP contribution in [0.15, 0.2) is 16.7 Å². The highest BCUT2D eigenvalue weighted by Crippen LogP contribution is 2.38. The highest BCUT2D eigenvalue weighted by atomic mass is 79.9. The zero-order valence-corrected chi connectivity index (χ0v) is 11.4. The summed E-state index contributed by atoms with van der Waals surface area (Å²) in [6.45, 7) is 2.01. The SMILES string of the molecule is CC1(C(=O)Nc2ncc(N)cc2Br)CCCC1. The van der Waals surface area contributed by atoms with Gasteiger partial charge in [0.05, 0.1) is 16.4 Å². The first-order valence-electron chi connectivity index (χ1n) is 5.74. The predicted molar refractivity (Wildman–Crippen MR) is 71.6 cm³/mol. The van der Waals surface area contributed by atoms with E-state index in [9.17, 15) is 4.79 Å². The lowest BCUT2D eigenvalue weighted by atomic mass is 9.88. The maximum Gasteiger partial charge on any atom is 0.231 e. The Morgan fingerprint density at radius 1 is 1.53 bits per heavy atom. The number of anilines is 2. The van der Waals surface area contributed by atoms with Crippen LogP contribution < -0.4 is 11.1 Å². The van der Waals surface area contributed by atoms with Crippen molar-refractivity contribution >= 4 is 33.3 Å². The van der Waals surface area contributed by atoms with Crippen LogP contribution >= 0.6 is 15.9 Å². The van der Waals surface area contributed by atoms with Gasteiger partial charge in [0.2, 0.25) is 5.91 Å². The zero-order valence-electron chi connectivity index (χ0n) is 9.79. The highest BCUT2D eigenvalue weighted by Gasteiger charge is 2.36. The Balaban J connectivity index is 2.13. The predicted octanol–water partition coefficient (Wildman–Crippen LogP) is 2.95. The first-order valence-corrected chi connectivity index (χ1v) is 6.53. The Morgan fingerprint density at radius 3 is 2.76 bits per heavy atom. The van der Waals surface area contributed by atoms with Gasteiger partial charge in [-0.15, -0.1) is 0 Å². The first-order chi connectivity index (χ1) is 8.01. The molecule has 1 aromatic rings. The second-order valence-electron chi connectivity index (χ2n) is 4.82. The van der Waals surface area contributed by atoms with Crippen LogP contribution in [0.1, 0.15) is 32.6 Å². The summed E-state index contributed by atoms with van der Waals surface area (Å²) >= 11 is 3.34. The number of carbonyl (C=O) groups is 1. The molecular formula is C12H16BrN3O. The van der Waals surface area contributed by atoms with Crippen LogP contribution in [0, 0.1) is 5.41 Å². The second-order valence-corrected chi connectivity index (χ2v) is 5.68. The Hall–Kier alpha value is -1.10. The van der Waals surface area contributed by atoms with E-state index in [2.05, 4.69) is 26.2 Å². The molecule has 1 amide bonds. The summed E-state index contributed by atoms with van der Waals surface area (Å²) in [5, 5.41) is 2.87. The number of hydrogen-bond acceptors (Lipinski definition) is 3. The molecule has 3 N–H and O–H groups in total. The molecule has 0 spiro atoms. The molecule has 92 valence electrons. The van der Waals surface area contributed by atoms with Crippen molar-refractivity contribution in [3.8, 4) is 0 Å². The van der Waals surface area contributed by atoms with Crippen LogP contribution in [0.4, 0.5) is 11.5 Å². The minimum atomic E-state index is -0.248. The average molecular weight is 298 g/mol. The smallest absolute Gasteiger partial charge is 0.231 e. The molecule has 1 saturated carbocycles. The number of hydrogen-bond donors (Lipinski definition) is 2. The van der Waals surface area contributed by atoms with E-state index < -0.39 is 0 Å². The zero-order chi connectivity index (χ0) is 12.5. The normalized spacial score (nSPS) is 18.0. The van der Waals surface area contributed by atoms with Gasteiger partial charge >= 0.3 is 0 Å². The van der Waals surface area contributed by atoms with Crippen molar-refractivity contribution < 1.29 is 4.79 Å². The maximum absolute atomic E-state index is 12.2. The number of rotatable bonds is 2. The number of pyridine rings is 1. The van der Waals surface area contributed by atoms with Gasteiger partial charge in [-0.1, -0.05) is 19.8 Å². The third kappa shape index (κ3) is 2.60. The summed E-state index contributed by atoms with van der Waals surface area (Å²) in [4.78, 5) is 16.3. The fraction of sp³-hybridized carbons (Fsp3) is 0.500. The lowest BCUT2D eigenvalue weighted by Gasteiger charge is -2.22. The maximum atomic E-state index is 12.2. The van der Waals surface area contributed by atoms with Crippen LogP contribution in [0.5, 0.6) is 0 Å². The summed E-state index contributed by atoms with van der Waals surface area (Å²) in [6.07, 6.45) is 5.69. The Bertz CT molecular complexity index is 441. The quantitative estimate of drug-likeness (QED) is 0.882. The molecule has 0 radical (unpaired) electrons. The van der Waals surface area contributed by atoms with E-state index in [0.29, 0.717) is 16.0 Å². The molecule has 1 aliphatic rings. The number of nitrogens with one attached hydrogen (secondary N) is 1.